The molecule has 30 heavy (non-hydrogen) atoms. The van der Waals surface area contributed by atoms with Crippen molar-refractivity contribution in [3.05, 3.63) is 84.9 Å². The van der Waals surface area contributed by atoms with E-state index < -0.39 is 7.75 Å². The zero-order valence-electron chi connectivity index (χ0n) is 17.1. The first-order valence-corrected chi connectivity index (χ1v) is 11.6. The summed E-state index contributed by atoms with van der Waals surface area (Å²) < 4.78 is 27.2. The molecule has 1 aromatic heterocycles. The molecule has 0 saturated heterocycles. The average molecular weight is 420 g/mol. The van der Waals surface area contributed by atoms with Crippen molar-refractivity contribution in [3.63, 3.8) is 0 Å². The second-order valence-corrected chi connectivity index (χ2v) is 8.57. The van der Waals surface area contributed by atoms with Crippen LogP contribution in [0.1, 0.15) is 13.8 Å². The van der Waals surface area contributed by atoms with Crippen molar-refractivity contribution in [1.82, 2.24) is 4.34 Å². The van der Waals surface area contributed by atoms with Gasteiger partial charge in [-0.1, -0.05) is 66.7 Å². The zero-order chi connectivity index (χ0) is 21.0. The minimum absolute atomic E-state index is 0.277. The van der Waals surface area contributed by atoms with Crippen LogP contribution < -0.4 is 5.32 Å². The highest BCUT2D eigenvalue weighted by molar-refractivity contribution is 7.52. The van der Waals surface area contributed by atoms with E-state index in [9.17, 15) is 4.57 Å². The van der Waals surface area contributed by atoms with E-state index in [1.165, 1.54) is 0 Å². The lowest BCUT2D eigenvalue weighted by Gasteiger charge is -2.22. The van der Waals surface area contributed by atoms with Gasteiger partial charge in [0, 0.05) is 16.6 Å². The second kappa shape index (κ2) is 8.88. The Morgan fingerprint density at radius 2 is 1.37 bits per heavy atom. The van der Waals surface area contributed by atoms with Gasteiger partial charge < -0.3 is 5.32 Å². The number of anilines is 2. The Kier molecular flexibility index (Phi) is 6.05. The number of hydrogen-bond donors (Lipinski definition) is 1. The lowest BCUT2D eigenvalue weighted by molar-refractivity contribution is 0.214. The molecular weight excluding hydrogens is 395 g/mol. The van der Waals surface area contributed by atoms with Crippen molar-refractivity contribution in [2.75, 3.05) is 18.5 Å². The number of rotatable bonds is 8. The highest BCUT2D eigenvalue weighted by Crippen LogP contribution is 2.57. The van der Waals surface area contributed by atoms with Crippen LogP contribution in [0.5, 0.6) is 0 Å². The molecule has 0 aliphatic rings. The predicted molar refractivity (Wildman–Crippen MR) is 123 cm³/mol. The zero-order valence-corrected chi connectivity index (χ0v) is 18.0. The molecule has 0 amide bonds. The van der Waals surface area contributed by atoms with Gasteiger partial charge in [0.15, 0.2) is 0 Å². The molecule has 0 aliphatic carbocycles. The molecule has 0 aliphatic heterocycles. The fraction of sp³-hybridized carbons (Fsp3) is 0.167. The molecule has 4 aromatic rings. The quantitative estimate of drug-likeness (QED) is 0.309. The summed E-state index contributed by atoms with van der Waals surface area (Å²) in [6, 6.07) is 27.7. The molecule has 0 radical (unpaired) electrons. The molecule has 5 nitrogen and oxygen atoms in total. The lowest BCUT2D eigenvalue weighted by atomic mass is 10.1. The summed E-state index contributed by atoms with van der Waals surface area (Å²) in [6.07, 6.45) is 0. The number of aromatic nitrogens is 1. The number of fused-ring (bicyclic) bond motifs is 1. The molecule has 0 bridgehead atoms. The number of nitrogens with zero attached hydrogens (tertiary/aromatic N) is 1. The summed E-state index contributed by atoms with van der Waals surface area (Å²) in [7, 11) is -3.63. The van der Waals surface area contributed by atoms with Crippen molar-refractivity contribution in [3.8, 4) is 11.3 Å². The van der Waals surface area contributed by atoms with Crippen LogP contribution in [0.25, 0.3) is 22.2 Å². The summed E-state index contributed by atoms with van der Waals surface area (Å²) in [5.74, 6) is 0. The third kappa shape index (κ3) is 3.80. The van der Waals surface area contributed by atoms with Gasteiger partial charge in [0.1, 0.15) is 0 Å². The maximum Gasteiger partial charge on any atom is 0.439 e. The first kappa shape index (κ1) is 20.4. The maximum atomic E-state index is 14.0. The van der Waals surface area contributed by atoms with Crippen LogP contribution >= 0.6 is 7.75 Å². The molecular formula is C24H25N2O3P. The van der Waals surface area contributed by atoms with Crippen LogP contribution in [0.4, 0.5) is 11.4 Å². The van der Waals surface area contributed by atoms with E-state index in [1.54, 1.807) is 4.34 Å². The topological polar surface area (TPSA) is 52.5 Å². The van der Waals surface area contributed by atoms with Gasteiger partial charge in [-0.25, -0.2) is 8.90 Å². The van der Waals surface area contributed by atoms with Gasteiger partial charge in [-0.15, -0.1) is 0 Å². The SMILES string of the molecule is CCOP(=O)(OCC)n1c(-c2ccccc2)c(Nc2ccccc2)c2ccccc21. The second-order valence-electron chi connectivity index (χ2n) is 6.71. The molecule has 0 saturated carbocycles. The van der Waals surface area contributed by atoms with Crippen molar-refractivity contribution < 1.29 is 13.6 Å². The van der Waals surface area contributed by atoms with Gasteiger partial charge in [0.2, 0.25) is 0 Å². The van der Waals surface area contributed by atoms with E-state index in [-0.39, 0.29) is 13.2 Å². The van der Waals surface area contributed by atoms with E-state index in [2.05, 4.69) is 5.32 Å². The summed E-state index contributed by atoms with van der Waals surface area (Å²) in [6.45, 7) is 4.20. The minimum Gasteiger partial charge on any atom is -0.353 e. The van der Waals surface area contributed by atoms with Crippen molar-refractivity contribution in [2.45, 2.75) is 13.8 Å². The Labute approximate surface area is 176 Å². The van der Waals surface area contributed by atoms with Gasteiger partial charge in [0.25, 0.3) is 0 Å². The Morgan fingerprint density at radius 3 is 2.00 bits per heavy atom. The fourth-order valence-electron chi connectivity index (χ4n) is 3.61. The van der Waals surface area contributed by atoms with E-state index in [0.29, 0.717) is 0 Å². The number of para-hydroxylation sites is 2. The van der Waals surface area contributed by atoms with Crippen LogP contribution in [-0.4, -0.2) is 17.6 Å². The molecule has 154 valence electrons. The van der Waals surface area contributed by atoms with Crippen molar-refractivity contribution in [2.24, 2.45) is 0 Å². The molecule has 0 fully saturated rings. The lowest BCUT2D eigenvalue weighted by Crippen LogP contribution is -2.07. The van der Waals surface area contributed by atoms with E-state index in [1.807, 2.05) is 98.8 Å². The monoisotopic (exact) mass is 420 g/mol. The van der Waals surface area contributed by atoms with Crippen LogP contribution in [0, 0.1) is 0 Å². The number of nitrogens with one attached hydrogen (secondary N) is 1. The summed E-state index contributed by atoms with van der Waals surface area (Å²) in [5, 5.41) is 4.48. The number of hydrogen-bond acceptors (Lipinski definition) is 4. The Balaban J connectivity index is 2.06. The third-order valence-corrected chi connectivity index (χ3v) is 6.84. The van der Waals surface area contributed by atoms with Gasteiger partial charge in [-0.05, 0) is 32.0 Å². The molecule has 0 atom stereocenters. The van der Waals surface area contributed by atoms with Crippen LogP contribution in [0.15, 0.2) is 84.9 Å². The molecule has 0 spiro atoms. The predicted octanol–water partition coefficient (Wildman–Crippen LogP) is 7.08. The van der Waals surface area contributed by atoms with Crippen molar-refractivity contribution >= 4 is 30.0 Å². The Bertz CT molecular complexity index is 1160. The fourth-order valence-corrected chi connectivity index (χ4v) is 5.47. The van der Waals surface area contributed by atoms with Gasteiger partial charge in [0.05, 0.1) is 30.1 Å². The first-order valence-electron chi connectivity index (χ1n) is 10.1. The molecule has 1 N–H and O–H groups in total. The number of benzene rings is 3. The van der Waals surface area contributed by atoms with E-state index >= 15 is 0 Å². The largest absolute Gasteiger partial charge is 0.439 e. The standard InChI is InChI=1S/C24H25N2O3P/c1-3-28-30(27,29-4-2)26-22-18-12-11-17-21(22)23(25-20-15-9-6-10-16-20)24(26)19-13-7-5-8-14-19/h5-18,25H,3-4H2,1-2H3. The smallest absolute Gasteiger partial charge is 0.353 e. The third-order valence-electron chi connectivity index (χ3n) is 4.77. The van der Waals surface area contributed by atoms with Crippen LogP contribution in [0.3, 0.4) is 0 Å². The highest BCUT2D eigenvalue weighted by Gasteiger charge is 2.34. The van der Waals surface area contributed by atoms with Crippen LogP contribution in [0.2, 0.25) is 0 Å². The van der Waals surface area contributed by atoms with Gasteiger partial charge in [-0.3, -0.25) is 9.05 Å². The van der Waals surface area contributed by atoms with Crippen molar-refractivity contribution in [1.29, 1.82) is 0 Å². The van der Waals surface area contributed by atoms with Crippen LogP contribution in [-0.2, 0) is 13.6 Å². The maximum absolute atomic E-state index is 14.0. The minimum atomic E-state index is -3.63. The van der Waals surface area contributed by atoms with E-state index in [0.717, 1.165) is 33.5 Å². The molecule has 1 heterocycles. The Hall–Kier alpha value is -2.85. The summed E-state index contributed by atoms with van der Waals surface area (Å²) in [5.41, 5.74) is 4.29. The average Bonchev–Trinajstić information content (AvgIpc) is 3.10. The van der Waals surface area contributed by atoms with Gasteiger partial charge >= 0.3 is 7.75 Å². The molecule has 3 aromatic carbocycles. The summed E-state index contributed by atoms with van der Waals surface area (Å²) >= 11 is 0. The Morgan fingerprint density at radius 1 is 0.800 bits per heavy atom. The summed E-state index contributed by atoms with van der Waals surface area (Å²) in [4.78, 5) is 0. The first-order chi connectivity index (χ1) is 14.7. The van der Waals surface area contributed by atoms with E-state index in [4.69, 9.17) is 9.05 Å². The normalized spacial score (nSPS) is 11.7. The highest BCUT2D eigenvalue weighted by atomic mass is 31.2. The van der Waals surface area contributed by atoms with Gasteiger partial charge in [-0.2, -0.15) is 0 Å². The molecule has 0 unspecified atom stereocenters. The molecule has 4 rings (SSSR count). The molecule has 6 heteroatoms.